The molecule has 3 atom stereocenters. The molecule has 0 radical (unpaired) electrons. The number of thiophene rings is 1. The fourth-order valence-corrected chi connectivity index (χ4v) is 7.67. The molecule has 0 bridgehead atoms. The molecule has 2 aromatic heterocycles. The number of imidazole rings is 1. The van der Waals surface area contributed by atoms with E-state index in [1.807, 2.05) is 37.3 Å². The summed E-state index contributed by atoms with van der Waals surface area (Å²) in [6, 6.07) is 14.3. The van der Waals surface area contributed by atoms with Gasteiger partial charge in [0.15, 0.2) is 0 Å². The number of likely N-dealkylation sites (tertiary alicyclic amines) is 1. The first-order valence-corrected chi connectivity index (χ1v) is 16.4. The minimum atomic E-state index is -1.28. The molecule has 44 heavy (non-hydrogen) atoms. The minimum absolute atomic E-state index is 0.163. The van der Waals surface area contributed by atoms with Crippen LogP contribution in [0.5, 0.6) is 5.75 Å². The van der Waals surface area contributed by atoms with Crippen LogP contribution in [0, 0.1) is 11.7 Å². The van der Waals surface area contributed by atoms with Crippen molar-refractivity contribution >= 4 is 39.3 Å². The van der Waals surface area contributed by atoms with E-state index in [2.05, 4.69) is 9.47 Å². The molecule has 5 heterocycles. The van der Waals surface area contributed by atoms with Crippen LogP contribution in [0.25, 0.3) is 10.3 Å². The molecule has 11 heteroatoms. The molecule has 0 aliphatic carbocycles. The van der Waals surface area contributed by atoms with Gasteiger partial charge in [-0.05, 0) is 75.5 Å². The Morgan fingerprint density at radius 1 is 1.18 bits per heavy atom. The van der Waals surface area contributed by atoms with Crippen LogP contribution < -0.4 is 4.74 Å². The van der Waals surface area contributed by atoms with Crippen molar-refractivity contribution in [3.8, 4) is 5.75 Å². The number of carbonyl (C=O) groups is 1. The maximum absolute atomic E-state index is 15.1. The molecule has 2 saturated heterocycles. The maximum atomic E-state index is 15.1. The summed E-state index contributed by atoms with van der Waals surface area (Å²) >= 11 is 7.47. The molecule has 3 aliphatic heterocycles. The number of carbonyl (C=O) groups excluding carboxylic acids is 1. The third-order valence-electron chi connectivity index (χ3n) is 8.88. The highest BCUT2D eigenvalue weighted by molar-refractivity contribution is 7.20. The van der Waals surface area contributed by atoms with E-state index in [-0.39, 0.29) is 24.1 Å². The van der Waals surface area contributed by atoms with Gasteiger partial charge in [0.1, 0.15) is 32.6 Å². The zero-order valence-electron chi connectivity index (χ0n) is 24.8. The smallest absolute Gasteiger partial charge is 0.348 e. The van der Waals surface area contributed by atoms with Gasteiger partial charge in [0, 0.05) is 24.1 Å². The molecule has 0 amide bonds. The van der Waals surface area contributed by atoms with Crippen molar-refractivity contribution in [1.82, 2.24) is 14.5 Å². The number of rotatable bonds is 8. The second-order valence-electron chi connectivity index (χ2n) is 11.8. The number of hydrogen-bond donors (Lipinski definition) is 0. The number of hydrogen-bond acceptors (Lipinski definition) is 8. The lowest BCUT2D eigenvalue weighted by Crippen LogP contribution is -2.43. The minimum Gasteiger partial charge on any atom is -0.462 e. The van der Waals surface area contributed by atoms with E-state index < -0.39 is 11.6 Å². The number of esters is 1. The van der Waals surface area contributed by atoms with Gasteiger partial charge in [-0.25, -0.2) is 14.2 Å². The van der Waals surface area contributed by atoms with Gasteiger partial charge in [-0.1, -0.05) is 29.8 Å². The predicted molar refractivity (Wildman–Crippen MR) is 166 cm³/mol. The molecular weight excluding hydrogens is 605 g/mol. The third kappa shape index (κ3) is 5.63. The van der Waals surface area contributed by atoms with Gasteiger partial charge in [-0.2, -0.15) is 0 Å². The number of piperidine rings is 1. The van der Waals surface area contributed by atoms with Gasteiger partial charge in [0.25, 0.3) is 0 Å². The average molecular weight is 640 g/mol. The molecule has 1 unspecified atom stereocenters. The first kappa shape index (κ1) is 29.7. The molecule has 232 valence electrons. The standard InChI is InChI=1S/C33H35ClFN3O5S/c1-3-40-32(39)28-17-26-31(44-28)38(18-22-12-15-41-22)29(36-26)19-37-13-10-20(11-14-37)30-23-6-4-5-7-27(23)42-33(2,43-30)24-9-8-21(34)16-25(24)35/h4-9,16-17,20,22,30H,3,10-15,18-19H2,1-2H3/t22-,30?,33+/m0/s1. The van der Waals surface area contributed by atoms with Gasteiger partial charge in [0.2, 0.25) is 5.79 Å². The SMILES string of the molecule is CCOC(=O)c1cc2nc(CN3CCC(C4O[C@](C)(c5ccc(Cl)cc5F)Oc5ccccc54)CC3)n(C[C@@H]3CCO3)c2s1. The van der Waals surface area contributed by atoms with Crippen LogP contribution in [-0.4, -0.2) is 52.8 Å². The Bertz CT molecular complexity index is 1680. The van der Waals surface area contributed by atoms with Crippen LogP contribution in [0.2, 0.25) is 5.02 Å². The number of para-hydroxylation sites is 1. The van der Waals surface area contributed by atoms with Crippen LogP contribution >= 0.6 is 22.9 Å². The van der Waals surface area contributed by atoms with E-state index in [4.69, 9.17) is 35.5 Å². The fraction of sp³-hybridized carbons (Fsp3) is 0.455. The average Bonchev–Trinajstić information content (AvgIpc) is 3.53. The third-order valence-corrected chi connectivity index (χ3v) is 10.2. The summed E-state index contributed by atoms with van der Waals surface area (Å²) in [7, 11) is 0. The molecule has 3 aliphatic rings. The number of aromatic nitrogens is 2. The first-order valence-electron chi connectivity index (χ1n) is 15.2. The van der Waals surface area contributed by atoms with Gasteiger partial charge in [-0.15, -0.1) is 11.3 Å². The molecule has 0 N–H and O–H groups in total. The molecule has 7 rings (SSSR count). The topological polar surface area (TPSA) is 75.0 Å². The van der Waals surface area contributed by atoms with Crippen molar-refractivity contribution in [3.05, 3.63) is 81.2 Å². The molecule has 2 fully saturated rings. The maximum Gasteiger partial charge on any atom is 0.348 e. The first-order chi connectivity index (χ1) is 21.3. The summed E-state index contributed by atoms with van der Waals surface area (Å²) in [6.07, 6.45) is 2.76. The lowest BCUT2D eigenvalue weighted by atomic mass is 9.85. The Kier molecular flexibility index (Phi) is 8.13. The number of halogens is 2. The molecule has 2 aromatic carbocycles. The highest BCUT2D eigenvalue weighted by Crippen LogP contribution is 2.49. The van der Waals surface area contributed by atoms with Crippen molar-refractivity contribution in [3.63, 3.8) is 0 Å². The monoisotopic (exact) mass is 639 g/mol. The fourth-order valence-electron chi connectivity index (χ4n) is 6.49. The summed E-state index contributed by atoms with van der Waals surface area (Å²) in [5.74, 6) is -0.125. The Morgan fingerprint density at radius 2 is 1.98 bits per heavy atom. The normalized spacial score (nSPS) is 24.1. The van der Waals surface area contributed by atoms with E-state index in [0.29, 0.717) is 34.4 Å². The van der Waals surface area contributed by atoms with Crippen LogP contribution in [0.4, 0.5) is 4.39 Å². The predicted octanol–water partition coefficient (Wildman–Crippen LogP) is 7.09. The van der Waals surface area contributed by atoms with E-state index in [9.17, 15) is 4.79 Å². The molecule has 4 aromatic rings. The van der Waals surface area contributed by atoms with Gasteiger partial charge in [0.05, 0.1) is 37.5 Å². The van der Waals surface area contributed by atoms with Crippen LogP contribution in [0.1, 0.15) is 65.8 Å². The Balaban J connectivity index is 1.09. The lowest BCUT2D eigenvalue weighted by molar-refractivity contribution is -0.243. The summed E-state index contributed by atoms with van der Waals surface area (Å²) in [5, 5.41) is 0.329. The van der Waals surface area contributed by atoms with Gasteiger partial charge in [-0.3, -0.25) is 4.90 Å². The summed E-state index contributed by atoms with van der Waals surface area (Å²) < 4.78 is 41.3. The number of nitrogens with zero attached hydrogens (tertiary/aromatic N) is 3. The summed E-state index contributed by atoms with van der Waals surface area (Å²) in [6.45, 7) is 7.87. The second kappa shape index (κ2) is 12.1. The number of benzene rings is 2. The van der Waals surface area contributed by atoms with E-state index in [0.717, 1.165) is 67.2 Å². The molecule has 0 saturated carbocycles. The Labute approximate surface area is 264 Å². The highest BCUT2D eigenvalue weighted by Gasteiger charge is 2.44. The Hall–Kier alpha value is -3.02. The van der Waals surface area contributed by atoms with Crippen LogP contribution in [0.3, 0.4) is 0 Å². The van der Waals surface area contributed by atoms with Crippen LogP contribution in [-0.2, 0) is 33.1 Å². The zero-order chi connectivity index (χ0) is 30.4. The molecule has 8 nitrogen and oxygen atoms in total. The summed E-state index contributed by atoms with van der Waals surface area (Å²) in [5.41, 5.74) is 2.14. The van der Waals surface area contributed by atoms with E-state index in [1.54, 1.807) is 19.1 Å². The van der Waals surface area contributed by atoms with Gasteiger partial charge >= 0.3 is 5.97 Å². The van der Waals surface area contributed by atoms with E-state index in [1.165, 1.54) is 17.4 Å². The number of ether oxygens (including phenoxy) is 4. The van der Waals surface area contributed by atoms with Crippen molar-refractivity contribution < 1.29 is 28.1 Å². The van der Waals surface area contributed by atoms with Crippen molar-refractivity contribution in [2.24, 2.45) is 5.92 Å². The lowest BCUT2D eigenvalue weighted by Gasteiger charge is -2.44. The second-order valence-corrected chi connectivity index (χ2v) is 13.3. The van der Waals surface area contributed by atoms with Crippen molar-refractivity contribution in [2.75, 3.05) is 26.3 Å². The quantitative estimate of drug-likeness (QED) is 0.191. The zero-order valence-corrected chi connectivity index (χ0v) is 26.3. The molecular formula is C33H35ClFN3O5S. The van der Waals surface area contributed by atoms with Crippen molar-refractivity contribution in [1.29, 1.82) is 0 Å². The highest BCUT2D eigenvalue weighted by atomic mass is 35.5. The number of fused-ring (bicyclic) bond motifs is 2. The Morgan fingerprint density at radius 3 is 2.70 bits per heavy atom. The summed E-state index contributed by atoms with van der Waals surface area (Å²) in [4.78, 5) is 21.3. The van der Waals surface area contributed by atoms with Crippen molar-refractivity contribution in [2.45, 2.75) is 64.2 Å². The van der Waals surface area contributed by atoms with Crippen LogP contribution in [0.15, 0.2) is 48.5 Å². The molecule has 0 spiro atoms. The van der Waals surface area contributed by atoms with E-state index >= 15 is 4.39 Å². The van der Waals surface area contributed by atoms with Gasteiger partial charge < -0.3 is 23.5 Å². The largest absolute Gasteiger partial charge is 0.462 e.